The van der Waals surface area contributed by atoms with Crippen LogP contribution < -0.4 is 5.73 Å². The van der Waals surface area contributed by atoms with Crippen molar-refractivity contribution in [3.63, 3.8) is 0 Å². The van der Waals surface area contributed by atoms with E-state index in [1.807, 2.05) is 6.07 Å². The van der Waals surface area contributed by atoms with E-state index in [2.05, 4.69) is 4.98 Å². The van der Waals surface area contributed by atoms with Crippen LogP contribution in [0.4, 0.5) is 13.2 Å². The normalized spacial score (nSPS) is 12.4. The lowest BCUT2D eigenvalue weighted by atomic mass is 10.0. The zero-order chi connectivity index (χ0) is 12.8. The fraction of sp³-hybridized carbons (Fsp3) is 0.333. The minimum Gasteiger partial charge on any atom is -0.351 e. The van der Waals surface area contributed by atoms with Gasteiger partial charge in [0.05, 0.1) is 0 Å². The summed E-state index contributed by atoms with van der Waals surface area (Å²) in [5, 5.41) is 0.597. The molecule has 1 heterocycles. The molecule has 0 radical (unpaired) electrons. The number of benzene rings is 1. The zero-order valence-corrected chi connectivity index (χ0v) is 9.57. The van der Waals surface area contributed by atoms with E-state index in [-0.39, 0.29) is 12.1 Å². The molecule has 0 aliphatic carbocycles. The third-order valence-electron chi connectivity index (χ3n) is 2.96. The van der Waals surface area contributed by atoms with Gasteiger partial charge in [-0.25, -0.2) is 0 Å². The molecular formula is C12H13F3N2. The second-order valence-electron chi connectivity index (χ2n) is 4.13. The van der Waals surface area contributed by atoms with Crippen molar-refractivity contribution in [3.8, 4) is 0 Å². The Hall–Kier alpha value is -1.49. The summed E-state index contributed by atoms with van der Waals surface area (Å²) in [6.45, 7) is 3.44. The maximum Gasteiger partial charge on any atom is 0.431 e. The fourth-order valence-corrected chi connectivity index (χ4v) is 2.13. The van der Waals surface area contributed by atoms with E-state index < -0.39 is 11.9 Å². The molecule has 5 heteroatoms. The van der Waals surface area contributed by atoms with Crippen LogP contribution in [0.3, 0.4) is 0 Å². The fourth-order valence-electron chi connectivity index (χ4n) is 2.13. The van der Waals surface area contributed by atoms with Crippen LogP contribution in [0.5, 0.6) is 0 Å². The molecule has 0 fully saturated rings. The molecule has 2 aromatic rings. The van der Waals surface area contributed by atoms with Gasteiger partial charge in [0, 0.05) is 23.0 Å². The number of fused-ring (bicyclic) bond motifs is 1. The number of aryl methyl sites for hydroxylation is 2. The summed E-state index contributed by atoms with van der Waals surface area (Å²) in [5.41, 5.74) is 6.99. The highest BCUT2D eigenvalue weighted by Crippen LogP contribution is 2.37. The van der Waals surface area contributed by atoms with Gasteiger partial charge in [-0.3, -0.25) is 0 Å². The third kappa shape index (κ3) is 1.80. The van der Waals surface area contributed by atoms with Crippen LogP contribution in [0, 0.1) is 13.8 Å². The van der Waals surface area contributed by atoms with Gasteiger partial charge in [0.15, 0.2) is 0 Å². The molecule has 0 atom stereocenters. The van der Waals surface area contributed by atoms with E-state index in [0.29, 0.717) is 10.9 Å². The molecule has 2 rings (SSSR count). The molecule has 1 aromatic heterocycles. The monoisotopic (exact) mass is 242 g/mol. The Bertz CT molecular complexity index is 567. The van der Waals surface area contributed by atoms with Crippen LogP contribution in [0.15, 0.2) is 12.1 Å². The Balaban J connectivity index is 2.89. The molecule has 3 N–H and O–H groups in total. The molecule has 0 saturated heterocycles. The summed E-state index contributed by atoms with van der Waals surface area (Å²) in [6.07, 6.45) is -4.40. The summed E-state index contributed by atoms with van der Waals surface area (Å²) >= 11 is 0. The Kier molecular flexibility index (Phi) is 2.66. The molecule has 92 valence electrons. The summed E-state index contributed by atoms with van der Waals surface area (Å²) in [5.74, 6) is 0. The first-order chi connectivity index (χ1) is 7.86. The summed E-state index contributed by atoms with van der Waals surface area (Å²) in [6, 6.07) is 3.61. The highest BCUT2D eigenvalue weighted by atomic mass is 19.4. The number of hydrogen-bond donors (Lipinski definition) is 2. The predicted molar refractivity (Wildman–Crippen MR) is 60.7 cm³/mol. The first-order valence-corrected chi connectivity index (χ1v) is 5.24. The number of hydrogen-bond acceptors (Lipinski definition) is 1. The number of nitrogens with one attached hydrogen (secondary N) is 1. The van der Waals surface area contributed by atoms with Crippen LogP contribution in [0.1, 0.15) is 22.4 Å². The predicted octanol–water partition coefficient (Wildman–Crippen LogP) is 3.26. The van der Waals surface area contributed by atoms with Crippen molar-refractivity contribution in [2.24, 2.45) is 5.73 Å². The Morgan fingerprint density at radius 3 is 2.29 bits per heavy atom. The van der Waals surface area contributed by atoms with Gasteiger partial charge < -0.3 is 10.7 Å². The molecule has 0 aliphatic heterocycles. The number of H-pyrrole nitrogens is 1. The van der Waals surface area contributed by atoms with Crippen molar-refractivity contribution < 1.29 is 13.2 Å². The van der Waals surface area contributed by atoms with Crippen molar-refractivity contribution >= 4 is 10.9 Å². The first-order valence-electron chi connectivity index (χ1n) is 5.24. The van der Waals surface area contributed by atoms with Gasteiger partial charge in [-0.05, 0) is 25.0 Å². The zero-order valence-electron chi connectivity index (χ0n) is 9.57. The lowest BCUT2D eigenvalue weighted by molar-refractivity contribution is -0.141. The molecule has 0 bridgehead atoms. The summed E-state index contributed by atoms with van der Waals surface area (Å²) in [4.78, 5) is 2.46. The quantitative estimate of drug-likeness (QED) is 0.791. The van der Waals surface area contributed by atoms with Gasteiger partial charge in [-0.2, -0.15) is 13.2 Å². The lowest BCUT2D eigenvalue weighted by Gasteiger charge is -2.06. The van der Waals surface area contributed by atoms with Gasteiger partial charge in [-0.1, -0.05) is 12.1 Å². The van der Waals surface area contributed by atoms with Gasteiger partial charge in [0.25, 0.3) is 0 Å². The van der Waals surface area contributed by atoms with Crippen LogP contribution in [-0.2, 0) is 12.7 Å². The van der Waals surface area contributed by atoms with Crippen LogP contribution in [-0.4, -0.2) is 4.98 Å². The van der Waals surface area contributed by atoms with Gasteiger partial charge in [0.1, 0.15) is 5.69 Å². The van der Waals surface area contributed by atoms with E-state index in [1.54, 1.807) is 19.9 Å². The van der Waals surface area contributed by atoms with E-state index >= 15 is 0 Å². The van der Waals surface area contributed by atoms with Crippen molar-refractivity contribution in [3.05, 3.63) is 34.5 Å². The second kappa shape index (κ2) is 3.77. The molecule has 2 nitrogen and oxygen atoms in total. The van der Waals surface area contributed by atoms with Crippen molar-refractivity contribution in [1.82, 2.24) is 4.98 Å². The Morgan fingerprint density at radius 1 is 1.18 bits per heavy atom. The molecule has 1 aromatic carbocycles. The highest BCUT2D eigenvalue weighted by molar-refractivity contribution is 5.90. The van der Waals surface area contributed by atoms with Crippen LogP contribution in [0.2, 0.25) is 0 Å². The maximum atomic E-state index is 12.9. The van der Waals surface area contributed by atoms with E-state index in [4.69, 9.17) is 5.73 Å². The standard InChI is InChI=1S/C12H13F3N2/c1-6-3-4-7(2)10-9(6)8(5-16)11(17-10)12(13,14)15/h3-4,17H,5,16H2,1-2H3. The van der Waals surface area contributed by atoms with Gasteiger partial charge >= 0.3 is 6.18 Å². The highest BCUT2D eigenvalue weighted by Gasteiger charge is 2.36. The Morgan fingerprint density at radius 2 is 1.76 bits per heavy atom. The summed E-state index contributed by atoms with van der Waals surface area (Å²) in [7, 11) is 0. The molecule has 17 heavy (non-hydrogen) atoms. The molecule has 0 saturated carbocycles. The molecule has 0 amide bonds. The second-order valence-corrected chi connectivity index (χ2v) is 4.13. The minimum absolute atomic E-state index is 0.126. The number of rotatable bonds is 1. The molecular weight excluding hydrogens is 229 g/mol. The van der Waals surface area contributed by atoms with Gasteiger partial charge in [0.2, 0.25) is 0 Å². The largest absolute Gasteiger partial charge is 0.431 e. The van der Waals surface area contributed by atoms with E-state index in [1.165, 1.54) is 0 Å². The number of aromatic nitrogens is 1. The SMILES string of the molecule is Cc1ccc(C)c2c(CN)c(C(F)(F)F)[nH]c12. The van der Waals surface area contributed by atoms with Crippen LogP contribution in [0.25, 0.3) is 10.9 Å². The first kappa shape index (κ1) is 12.0. The van der Waals surface area contributed by atoms with Crippen LogP contribution >= 0.6 is 0 Å². The molecule has 0 aliphatic rings. The topological polar surface area (TPSA) is 41.8 Å². The number of nitrogens with two attached hydrogens (primary N) is 1. The maximum absolute atomic E-state index is 12.9. The lowest BCUT2D eigenvalue weighted by Crippen LogP contribution is -2.11. The van der Waals surface area contributed by atoms with Gasteiger partial charge in [-0.15, -0.1) is 0 Å². The average molecular weight is 242 g/mol. The summed E-state index contributed by atoms with van der Waals surface area (Å²) < 4.78 is 38.6. The minimum atomic E-state index is -4.40. The number of alkyl halides is 3. The van der Waals surface area contributed by atoms with E-state index in [9.17, 15) is 13.2 Å². The average Bonchev–Trinajstić information content (AvgIpc) is 2.63. The molecule has 0 unspecified atom stereocenters. The molecule has 0 spiro atoms. The van der Waals surface area contributed by atoms with Crippen molar-refractivity contribution in [2.45, 2.75) is 26.6 Å². The van der Waals surface area contributed by atoms with Crippen molar-refractivity contribution in [1.29, 1.82) is 0 Å². The third-order valence-corrected chi connectivity index (χ3v) is 2.96. The smallest absolute Gasteiger partial charge is 0.351 e. The van der Waals surface area contributed by atoms with E-state index in [0.717, 1.165) is 11.1 Å². The van der Waals surface area contributed by atoms with Crippen molar-refractivity contribution in [2.75, 3.05) is 0 Å². The number of aromatic amines is 1. The Labute approximate surface area is 96.6 Å². The number of halogens is 3.